The molecule has 1 aliphatic heterocycles. The van der Waals surface area contributed by atoms with E-state index in [0.29, 0.717) is 6.61 Å². The molecule has 0 amide bonds. The molecule has 92 valence electrons. The SMILES string of the molecule is CCOc1ccc([SH]2C=CC=C2)c2ccccc12. The maximum absolute atomic E-state index is 5.71. The van der Waals surface area contributed by atoms with Crippen LogP contribution >= 0.6 is 10.9 Å². The molecule has 1 heterocycles. The fraction of sp³-hybridized carbons (Fsp3) is 0.125. The molecule has 0 bridgehead atoms. The van der Waals surface area contributed by atoms with E-state index in [9.17, 15) is 0 Å². The Morgan fingerprint density at radius 1 is 0.944 bits per heavy atom. The molecule has 0 spiro atoms. The van der Waals surface area contributed by atoms with Crippen molar-refractivity contribution in [1.82, 2.24) is 0 Å². The van der Waals surface area contributed by atoms with E-state index in [1.165, 1.54) is 15.7 Å². The van der Waals surface area contributed by atoms with E-state index in [0.717, 1.165) is 5.75 Å². The van der Waals surface area contributed by atoms with Crippen molar-refractivity contribution in [2.45, 2.75) is 11.8 Å². The van der Waals surface area contributed by atoms with Crippen LogP contribution in [0.15, 0.2) is 64.3 Å². The van der Waals surface area contributed by atoms with Gasteiger partial charge in [0.05, 0.1) is 6.61 Å². The molecule has 0 aromatic heterocycles. The molecule has 1 aliphatic rings. The van der Waals surface area contributed by atoms with Gasteiger partial charge in [0.25, 0.3) is 0 Å². The first-order valence-corrected chi connectivity index (χ1v) is 7.66. The third kappa shape index (κ3) is 1.93. The van der Waals surface area contributed by atoms with Gasteiger partial charge in [-0.25, -0.2) is 0 Å². The summed E-state index contributed by atoms with van der Waals surface area (Å²) in [6, 6.07) is 12.8. The van der Waals surface area contributed by atoms with Gasteiger partial charge in [-0.15, -0.1) is 0 Å². The quantitative estimate of drug-likeness (QED) is 0.787. The van der Waals surface area contributed by atoms with Crippen LogP contribution < -0.4 is 4.74 Å². The van der Waals surface area contributed by atoms with Gasteiger partial charge in [0.2, 0.25) is 0 Å². The lowest BCUT2D eigenvalue weighted by atomic mass is 10.1. The van der Waals surface area contributed by atoms with Gasteiger partial charge < -0.3 is 4.74 Å². The Morgan fingerprint density at radius 3 is 2.39 bits per heavy atom. The Kier molecular flexibility index (Phi) is 3.11. The van der Waals surface area contributed by atoms with Crippen LogP contribution in [-0.4, -0.2) is 6.61 Å². The Balaban J connectivity index is 2.19. The summed E-state index contributed by atoms with van der Waals surface area (Å²) in [6.45, 7) is 2.73. The topological polar surface area (TPSA) is 9.23 Å². The highest BCUT2D eigenvalue weighted by molar-refractivity contribution is 8.22. The molecule has 2 aromatic carbocycles. The smallest absolute Gasteiger partial charge is 0.127 e. The monoisotopic (exact) mass is 256 g/mol. The fourth-order valence-corrected chi connectivity index (χ4v) is 3.97. The predicted molar refractivity (Wildman–Crippen MR) is 80.6 cm³/mol. The first-order chi connectivity index (χ1) is 8.90. The lowest BCUT2D eigenvalue weighted by Gasteiger charge is -2.16. The van der Waals surface area contributed by atoms with E-state index in [-0.39, 0.29) is 10.9 Å². The molecule has 2 heteroatoms. The number of ether oxygens (including phenoxy) is 1. The Morgan fingerprint density at radius 2 is 1.67 bits per heavy atom. The number of allylic oxidation sites excluding steroid dienone is 2. The van der Waals surface area contributed by atoms with Gasteiger partial charge in [0.1, 0.15) is 5.75 Å². The molecule has 0 unspecified atom stereocenters. The van der Waals surface area contributed by atoms with E-state index < -0.39 is 0 Å². The first kappa shape index (κ1) is 11.4. The van der Waals surface area contributed by atoms with Crippen molar-refractivity contribution in [1.29, 1.82) is 0 Å². The first-order valence-electron chi connectivity index (χ1n) is 6.18. The second kappa shape index (κ2) is 4.91. The maximum atomic E-state index is 5.71. The van der Waals surface area contributed by atoms with Crippen molar-refractivity contribution >= 4 is 21.7 Å². The summed E-state index contributed by atoms with van der Waals surface area (Å²) in [5.74, 6) is 0.985. The molecule has 0 atom stereocenters. The molecule has 2 aromatic rings. The average Bonchev–Trinajstić information content (AvgIpc) is 2.93. The predicted octanol–water partition coefficient (Wildman–Crippen LogP) is 4.64. The van der Waals surface area contributed by atoms with Gasteiger partial charge >= 0.3 is 0 Å². The number of rotatable bonds is 3. The zero-order valence-electron chi connectivity index (χ0n) is 10.3. The number of fused-ring (bicyclic) bond motifs is 1. The van der Waals surface area contributed by atoms with E-state index in [1.54, 1.807) is 0 Å². The standard InChI is InChI=1S/C16H16OS/c1-2-17-15-9-10-16(18-11-5-6-12-18)14-8-4-3-7-13(14)15/h3-12,18H,2H2,1H3. The third-order valence-electron chi connectivity index (χ3n) is 3.04. The van der Waals surface area contributed by atoms with Crippen molar-refractivity contribution in [3.63, 3.8) is 0 Å². The molecule has 0 saturated heterocycles. The number of thiol groups is 1. The molecule has 0 saturated carbocycles. The van der Waals surface area contributed by atoms with Gasteiger partial charge in [-0.2, -0.15) is 10.9 Å². The second-order valence-electron chi connectivity index (χ2n) is 4.15. The summed E-state index contributed by atoms with van der Waals surface area (Å²) >= 11 is 0. The number of hydrogen-bond donors (Lipinski definition) is 1. The number of benzene rings is 2. The van der Waals surface area contributed by atoms with Gasteiger partial charge in [0.15, 0.2) is 0 Å². The highest BCUT2D eigenvalue weighted by atomic mass is 32.2. The molecule has 1 nitrogen and oxygen atoms in total. The molecule has 0 radical (unpaired) electrons. The van der Waals surface area contributed by atoms with Gasteiger partial charge in [-0.3, -0.25) is 0 Å². The van der Waals surface area contributed by atoms with Crippen molar-refractivity contribution in [2.24, 2.45) is 0 Å². The summed E-state index contributed by atoms with van der Waals surface area (Å²) in [5, 5.41) is 7.10. The largest absolute Gasteiger partial charge is 0.493 e. The van der Waals surface area contributed by atoms with Crippen LogP contribution in [0.5, 0.6) is 5.75 Å². The molecule has 0 N–H and O–H groups in total. The highest BCUT2D eigenvalue weighted by Crippen LogP contribution is 2.46. The molecule has 0 aliphatic carbocycles. The zero-order chi connectivity index (χ0) is 12.4. The van der Waals surface area contributed by atoms with Crippen molar-refractivity contribution in [2.75, 3.05) is 6.61 Å². The normalized spacial score (nSPS) is 15.5. The van der Waals surface area contributed by atoms with Crippen molar-refractivity contribution in [3.05, 3.63) is 59.4 Å². The highest BCUT2D eigenvalue weighted by Gasteiger charge is 2.10. The third-order valence-corrected chi connectivity index (χ3v) is 4.98. The Labute approximate surface area is 110 Å². The molecule has 18 heavy (non-hydrogen) atoms. The number of hydrogen-bond acceptors (Lipinski definition) is 1. The van der Waals surface area contributed by atoms with Crippen molar-refractivity contribution < 1.29 is 4.74 Å². The summed E-state index contributed by atoms with van der Waals surface area (Å²) in [6.07, 6.45) is 4.27. The summed E-state index contributed by atoms with van der Waals surface area (Å²) in [5.41, 5.74) is 0. The molecule has 3 rings (SSSR count). The summed E-state index contributed by atoms with van der Waals surface area (Å²) < 4.78 is 5.71. The second-order valence-corrected chi connectivity index (χ2v) is 6.04. The zero-order valence-corrected chi connectivity index (χ0v) is 11.2. The average molecular weight is 256 g/mol. The van der Waals surface area contributed by atoms with Crippen LogP contribution in [-0.2, 0) is 0 Å². The minimum atomic E-state index is -0.278. The summed E-state index contributed by atoms with van der Waals surface area (Å²) in [4.78, 5) is 1.41. The van der Waals surface area contributed by atoms with Gasteiger partial charge in [-0.1, -0.05) is 36.4 Å². The fourth-order valence-electron chi connectivity index (χ4n) is 2.26. The van der Waals surface area contributed by atoms with Crippen LogP contribution in [0.2, 0.25) is 0 Å². The molecule has 0 fully saturated rings. The van der Waals surface area contributed by atoms with Crippen LogP contribution in [0, 0.1) is 0 Å². The van der Waals surface area contributed by atoms with E-state index in [2.05, 4.69) is 59.4 Å². The van der Waals surface area contributed by atoms with E-state index in [1.807, 2.05) is 6.92 Å². The lowest BCUT2D eigenvalue weighted by Crippen LogP contribution is -1.93. The minimum Gasteiger partial charge on any atom is -0.493 e. The van der Waals surface area contributed by atoms with E-state index in [4.69, 9.17) is 4.74 Å². The molecular weight excluding hydrogens is 240 g/mol. The Bertz CT molecular complexity index is 616. The Hall–Kier alpha value is -1.67. The van der Waals surface area contributed by atoms with Crippen LogP contribution in [0.1, 0.15) is 6.92 Å². The molecular formula is C16H16OS. The minimum absolute atomic E-state index is 0.278. The van der Waals surface area contributed by atoms with Crippen LogP contribution in [0.25, 0.3) is 10.8 Å². The maximum Gasteiger partial charge on any atom is 0.127 e. The van der Waals surface area contributed by atoms with E-state index >= 15 is 0 Å². The van der Waals surface area contributed by atoms with Gasteiger partial charge in [0, 0.05) is 10.3 Å². The van der Waals surface area contributed by atoms with Crippen molar-refractivity contribution in [3.8, 4) is 5.75 Å². The van der Waals surface area contributed by atoms with Crippen LogP contribution in [0.3, 0.4) is 0 Å². The summed E-state index contributed by atoms with van der Waals surface area (Å²) in [7, 11) is -0.278. The lowest BCUT2D eigenvalue weighted by molar-refractivity contribution is 0.344. The van der Waals surface area contributed by atoms with Crippen LogP contribution in [0.4, 0.5) is 0 Å². The van der Waals surface area contributed by atoms with Gasteiger partial charge in [-0.05, 0) is 35.3 Å².